The fraction of sp³-hybridized carbons (Fsp3) is 0.533. The van der Waals surface area contributed by atoms with Crippen molar-refractivity contribution in [3.8, 4) is 5.75 Å². The van der Waals surface area contributed by atoms with Crippen LogP contribution in [0.15, 0.2) is 24.3 Å². The van der Waals surface area contributed by atoms with Gasteiger partial charge in [-0.1, -0.05) is 0 Å². The summed E-state index contributed by atoms with van der Waals surface area (Å²) >= 11 is 0. The second kappa shape index (κ2) is 8.73. The molecule has 23 heavy (non-hydrogen) atoms. The topological polar surface area (TPSA) is 84.9 Å². The van der Waals surface area contributed by atoms with Crippen LogP contribution in [0.3, 0.4) is 0 Å². The summed E-state index contributed by atoms with van der Waals surface area (Å²) in [5.74, 6) is 0.247. The molecule has 0 unspecified atom stereocenters. The molecule has 0 aliphatic rings. The van der Waals surface area contributed by atoms with Gasteiger partial charge in [-0.2, -0.15) is 0 Å². The lowest BCUT2D eigenvalue weighted by molar-refractivity contribution is -0.120. The number of sulfonamides is 1. The van der Waals surface area contributed by atoms with Gasteiger partial charge in [0, 0.05) is 13.2 Å². The number of anilines is 1. The highest BCUT2D eigenvalue weighted by Gasteiger charge is 2.21. The Labute approximate surface area is 137 Å². The number of benzene rings is 1. The van der Waals surface area contributed by atoms with Gasteiger partial charge in [-0.15, -0.1) is 0 Å². The molecule has 0 saturated heterocycles. The first kappa shape index (κ1) is 19.2. The van der Waals surface area contributed by atoms with Crippen molar-refractivity contribution in [2.24, 2.45) is 0 Å². The Hall–Kier alpha value is -1.80. The van der Waals surface area contributed by atoms with Gasteiger partial charge in [-0.3, -0.25) is 9.10 Å². The molecular formula is C15H24N2O5S. The minimum atomic E-state index is -3.59. The van der Waals surface area contributed by atoms with Crippen molar-refractivity contribution in [3.05, 3.63) is 24.3 Å². The molecule has 1 rings (SSSR count). The average molecular weight is 344 g/mol. The highest BCUT2D eigenvalue weighted by Crippen LogP contribution is 2.21. The largest absolute Gasteiger partial charge is 0.494 e. The monoisotopic (exact) mass is 344 g/mol. The summed E-state index contributed by atoms with van der Waals surface area (Å²) < 4.78 is 35.3. The molecule has 1 aromatic rings. The molecule has 1 aromatic carbocycles. The quantitative estimate of drug-likeness (QED) is 0.722. The van der Waals surface area contributed by atoms with Crippen LogP contribution in [-0.2, 0) is 19.6 Å². The molecule has 0 radical (unpaired) electrons. The van der Waals surface area contributed by atoms with Crippen LogP contribution in [0.2, 0.25) is 0 Å². The van der Waals surface area contributed by atoms with Crippen LogP contribution in [0, 0.1) is 0 Å². The van der Waals surface area contributed by atoms with Crippen molar-refractivity contribution < 1.29 is 22.7 Å². The van der Waals surface area contributed by atoms with Gasteiger partial charge in [-0.05, 0) is 38.1 Å². The zero-order chi connectivity index (χ0) is 17.5. The normalized spacial score (nSPS) is 12.5. The number of carbonyl (C=O) groups excluding carboxylic acids is 1. The molecule has 0 aliphatic heterocycles. The molecule has 7 nitrogen and oxygen atoms in total. The molecule has 8 heteroatoms. The van der Waals surface area contributed by atoms with Gasteiger partial charge in [0.05, 0.1) is 25.2 Å². The van der Waals surface area contributed by atoms with Gasteiger partial charge in [0.15, 0.2) is 0 Å². The van der Waals surface area contributed by atoms with Crippen LogP contribution >= 0.6 is 0 Å². The van der Waals surface area contributed by atoms with E-state index in [1.807, 2.05) is 6.92 Å². The summed E-state index contributed by atoms with van der Waals surface area (Å²) in [4.78, 5) is 12.0. The van der Waals surface area contributed by atoms with E-state index < -0.39 is 15.9 Å². The third-order valence-corrected chi connectivity index (χ3v) is 4.09. The maximum absolute atomic E-state index is 12.0. The van der Waals surface area contributed by atoms with Gasteiger partial charge in [0.2, 0.25) is 15.9 Å². The zero-order valence-electron chi connectivity index (χ0n) is 13.9. The number of nitrogens with zero attached hydrogens (tertiary/aromatic N) is 1. The first-order chi connectivity index (χ1) is 10.8. The average Bonchev–Trinajstić information content (AvgIpc) is 2.45. The van der Waals surface area contributed by atoms with E-state index in [-0.39, 0.29) is 12.6 Å². The molecule has 0 fully saturated rings. The molecule has 0 bridgehead atoms. The minimum absolute atomic E-state index is 0.200. The van der Waals surface area contributed by atoms with E-state index in [0.29, 0.717) is 24.7 Å². The van der Waals surface area contributed by atoms with Crippen molar-refractivity contribution in [3.63, 3.8) is 0 Å². The fourth-order valence-corrected chi connectivity index (χ4v) is 2.87. The van der Waals surface area contributed by atoms with Crippen LogP contribution in [0.4, 0.5) is 5.69 Å². The van der Waals surface area contributed by atoms with Gasteiger partial charge in [0.1, 0.15) is 12.3 Å². The molecular weight excluding hydrogens is 320 g/mol. The van der Waals surface area contributed by atoms with Gasteiger partial charge < -0.3 is 14.8 Å². The molecule has 0 aromatic heterocycles. The molecule has 1 N–H and O–H groups in total. The molecule has 130 valence electrons. The van der Waals surface area contributed by atoms with E-state index >= 15 is 0 Å². The van der Waals surface area contributed by atoms with E-state index in [2.05, 4.69) is 5.32 Å². The number of nitrogens with one attached hydrogen (secondary N) is 1. The molecule has 0 heterocycles. The Kier molecular flexibility index (Phi) is 7.31. The summed E-state index contributed by atoms with van der Waals surface area (Å²) in [7, 11) is -2.05. The van der Waals surface area contributed by atoms with E-state index in [9.17, 15) is 13.2 Å². The fourth-order valence-electron chi connectivity index (χ4n) is 2.02. The molecule has 1 atom stereocenters. The maximum Gasteiger partial charge on any atom is 0.241 e. The SMILES string of the molecule is CCOc1ccc(N(CC(=O)N[C@@H](C)COC)S(C)(=O)=O)cc1. The van der Waals surface area contributed by atoms with Gasteiger partial charge in [0.25, 0.3) is 0 Å². The number of ether oxygens (including phenoxy) is 2. The maximum atomic E-state index is 12.0. The molecule has 0 aliphatic carbocycles. The van der Waals surface area contributed by atoms with Crippen molar-refractivity contribution in [1.29, 1.82) is 0 Å². The van der Waals surface area contributed by atoms with Crippen molar-refractivity contribution >= 4 is 21.6 Å². The zero-order valence-corrected chi connectivity index (χ0v) is 14.7. The first-order valence-corrected chi connectivity index (χ1v) is 9.11. The second-order valence-electron chi connectivity index (χ2n) is 5.12. The number of hydrogen-bond donors (Lipinski definition) is 1. The Morgan fingerprint density at radius 3 is 2.39 bits per heavy atom. The Bertz CT molecular complexity index is 601. The van der Waals surface area contributed by atoms with Crippen LogP contribution in [-0.4, -0.2) is 53.5 Å². The second-order valence-corrected chi connectivity index (χ2v) is 7.03. The molecule has 1 amide bonds. The number of methoxy groups -OCH3 is 1. The van der Waals surface area contributed by atoms with Crippen molar-refractivity contribution in [2.75, 3.05) is 37.4 Å². The standard InChI is InChI=1S/C15H24N2O5S/c1-5-22-14-8-6-13(7-9-14)17(23(4,19)20)10-15(18)16-12(2)11-21-3/h6-9,12H,5,10-11H2,1-4H3,(H,16,18)/t12-/m0/s1. The Morgan fingerprint density at radius 1 is 1.30 bits per heavy atom. The highest BCUT2D eigenvalue weighted by atomic mass is 32.2. The Balaban J connectivity index is 2.87. The van der Waals surface area contributed by atoms with E-state index in [4.69, 9.17) is 9.47 Å². The summed E-state index contributed by atoms with van der Waals surface area (Å²) in [6, 6.07) is 6.36. The van der Waals surface area contributed by atoms with Crippen LogP contribution in [0.1, 0.15) is 13.8 Å². The lowest BCUT2D eigenvalue weighted by atomic mass is 10.3. The summed E-state index contributed by atoms with van der Waals surface area (Å²) in [6.45, 7) is 4.23. The van der Waals surface area contributed by atoms with Gasteiger partial charge in [-0.25, -0.2) is 8.42 Å². The third kappa shape index (κ3) is 6.45. The Morgan fingerprint density at radius 2 is 1.91 bits per heavy atom. The summed E-state index contributed by atoms with van der Waals surface area (Å²) in [5, 5.41) is 2.69. The number of hydrogen-bond acceptors (Lipinski definition) is 5. The summed E-state index contributed by atoms with van der Waals surface area (Å²) in [5.41, 5.74) is 0.408. The van der Waals surface area contributed by atoms with Crippen LogP contribution in [0.5, 0.6) is 5.75 Å². The van der Waals surface area contributed by atoms with E-state index in [1.165, 1.54) is 7.11 Å². The third-order valence-electron chi connectivity index (χ3n) is 2.95. The number of carbonyl (C=O) groups is 1. The van der Waals surface area contributed by atoms with Crippen molar-refractivity contribution in [1.82, 2.24) is 5.32 Å². The number of rotatable bonds is 9. The number of amides is 1. The highest BCUT2D eigenvalue weighted by molar-refractivity contribution is 7.92. The van der Waals surface area contributed by atoms with Crippen LogP contribution in [0.25, 0.3) is 0 Å². The smallest absolute Gasteiger partial charge is 0.241 e. The van der Waals surface area contributed by atoms with Crippen LogP contribution < -0.4 is 14.4 Å². The molecule has 0 saturated carbocycles. The molecule has 0 spiro atoms. The van der Waals surface area contributed by atoms with Crippen molar-refractivity contribution in [2.45, 2.75) is 19.9 Å². The first-order valence-electron chi connectivity index (χ1n) is 7.26. The summed E-state index contributed by atoms with van der Waals surface area (Å²) in [6.07, 6.45) is 1.06. The predicted octanol–water partition coefficient (Wildman–Crippen LogP) is 1.00. The van der Waals surface area contributed by atoms with E-state index in [1.54, 1.807) is 31.2 Å². The lowest BCUT2D eigenvalue weighted by Crippen LogP contribution is -2.44. The minimum Gasteiger partial charge on any atom is -0.494 e. The van der Waals surface area contributed by atoms with Gasteiger partial charge >= 0.3 is 0 Å². The predicted molar refractivity (Wildman–Crippen MR) is 89.3 cm³/mol. The lowest BCUT2D eigenvalue weighted by Gasteiger charge is -2.23. The van der Waals surface area contributed by atoms with E-state index in [0.717, 1.165) is 10.6 Å².